The van der Waals surface area contributed by atoms with Gasteiger partial charge < -0.3 is 26.2 Å². The highest BCUT2D eigenvalue weighted by atomic mass is 16.5. The van der Waals surface area contributed by atoms with Crippen LogP contribution in [-0.4, -0.2) is 29.6 Å². The maximum absolute atomic E-state index is 12.1. The molecular weight excluding hydrogens is 374 g/mol. The molecule has 2 aromatic rings. The van der Waals surface area contributed by atoms with Crippen molar-refractivity contribution in [3.05, 3.63) is 54.1 Å². The minimum Gasteiger partial charge on any atom is -0.481 e. The van der Waals surface area contributed by atoms with E-state index in [0.29, 0.717) is 30.0 Å². The van der Waals surface area contributed by atoms with Crippen LogP contribution in [0.1, 0.15) is 37.0 Å². The molecule has 0 bridgehead atoms. The maximum atomic E-state index is 12.1. The van der Waals surface area contributed by atoms with Gasteiger partial charge in [0.1, 0.15) is 11.5 Å². The number of carboxylic acid groups (broad SMARTS) is 1. The summed E-state index contributed by atoms with van der Waals surface area (Å²) < 4.78 is 5.68. The summed E-state index contributed by atoms with van der Waals surface area (Å²) in [7, 11) is 0. The lowest BCUT2D eigenvalue weighted by Crippen LogP contribution is -2.43. The number of rotatable bonds is 9. The number of nitrogens with one attached hydrogen (secondary N) is 2. The van der Waals surface area contributed by atoms with Crippen molar-refractivity contribution in [1.82, 2.24) is 5.32 Å². The van der Waals surface area contributed by atoms with Crippen molar-refractivity contribution in [3.8, 4) is 11.5 Å². The fourth-order valence-corrected chi connectivity index (χ4v) is 2.80. The lowest BCUT2D eigenvalue weighted by atomic mass is 9.82. The largest absolute Gasteiger partial charge is 0.481 e. The number of para-hydroxylation sites is 1. The zero-order chi connectivity index (χ0) is 21.4. The van der Waals surface area contributed by atoms with E-state index < -0.39 is 23.3 Å². The van der Waals surface area contributed by atoms with Crippen molar-refractivity contribution in [3.63, 3.8) is 0 Å². The Morgan fingerprint density at radius 1 is 1.03 bits per heavy atom. The third-order valence-corrected chi connectivity index (χ3v) is 4.89. The van der Waals surface area contributed by atoms with Crippen LogP contribution in [0, 0.1) is 5.41 Å². The van der Waals surface area contributed by atoms with Crippen LogP contribution in [-0.2, 0) is 4.79 Å². The molecule has 0 aliphatic heterocycles. The summed E-state index contributed by atoms with van der Waals surface area (Å²) in [6.45, 7) is 3.60. The summed E-state index contributed by atoms with van der Waals surface area (Å²) in [5, 5.41) is 14.7. The maximum Gasteiger partial charge on any atom is 0.319 e. The summed E-state index contributed by atoms with van der Waals surface area (Å²) in [6.07, 6.45) is 0.829. The van der Waals surface area contributed by atoms with Crippen molar-refractivity contribution < 1.29 is 24.2 Å². The van der Waals surface area contributed by atoms with Gasteiger partial charge >= 0.3 is 12.0 Å². The summed E-state index contributed by atoms with van der Waals surface area (Å²) >= 11 is 0. The second kappa shape index (κ2) is 9.59. The molecular formula is C21H25N3O5. The van der Waals surface area contributed by atoms with Crippen LogP contribution >= 0.6 is 0 Å². The standard InChI is InChI=1S/C21H25N3O5/c1-3-21(4-2,19(26)27)13-23-20(28)24-14-9-11-15(12-10-14)29-17-8-6-5-7-16(17)18(22)25/h5-12H,3-4,13H2,1-2H3,(H2,22,25)(H,26,27)(H2,23,24,28). The summed E-state index contributed by atoms with van der Waals surface area (Å²) in [5.74, 6) is -0.721. The van der Waals surface area contributed by atoms with Gasteiger partial charge in [-0.2, -0.15) is 0 Å². The average molecular weight is 399 g/mol. The first kappa shape index (κ1) is 21.7. The number of hydrogen-bond acceptors (Lipinski definition) is 4. The Morgan fingerprint density at radius 2 is 1.66 bits per heavy atom. The number of benzene rings is 2. The Morgan fingerprint density at radius 3 is 2.21 bits per heavy atom. The smallest absolute Gasteiger partial charge is 0.319 e. The molecule has 0 aliphatic rings. The first-order valence-corrected chi connectivity index (χ1v) is 9.26. The molecule has 0 aromatic heterocycles. The van der Waals surface area contributed by atoms with Crippen molar-refractivity contribution in [2.45, 2.75) is 26.7 Å². The molecule has 3 amide bonds. The Labute approximate surface area is 169 Å². The van der Waals surface area contributed by atoms with Crippen LogP contribution in [0.3, 0.4) is 0 Å². The number of urea groups is 1. The monoisotopic (exact) mass is 399 g/mol. The van der Waals surface area contributed by atoms with E-state index >= 15 is 0 Å². The number of amides is 3. The highest BCUT2D eigenvalue weighted by molar-refractivity contribution is 5.95. The highest BCUT2D eigenvalue weighted by Gasteiger charge is 2.35. The van der Waals surface area contributed by atoms with E-state index in [4.69, 9.17) is 10.5 Å². The third kappa shape index (κ3) is 5.47. The number of nitrogens with two attached hydrogens (primary N) is 1. The molecule has 2 rings (SSSR count). The Bertz CT molecular complexity index is 876. The fraction of sp³-hybridized carbons (Fsp3) is 0.286. The quantitative estimate of drug-likeness (QED) is 0.512. The third-order valence-electron chi connectivity index (χ3n) is 4.89. The molecule has 8 nitrogen and oxygen atoms in total. The number of aliphatic carboxylic acids is 1. The average Bonchev–Trinajstić information content (AvgIpc) is 2.70. The molecule has 0 unspecified atom stereocenters. The molecule has 29 heavy (non-hydrogen) atoms. The molecule has 8 heteroatoms. The second-order valence-corrected chi connectivity index (χ2v) is 6.59. The van der Waals surface area contributed by atoms with Gasteiger partial charge in [-0.25, -0.2) is 4.79 Å². The molecule has 0 saturated heterocycles. The number of carbonyl (C=O) groups excluding carboxylic acids is 2. The van der Waals surface area contributed by atoms with E-state index in [1.165, 1.54) is 0 Å². The van der Waals surface area contributed by atoms with Crippen LogP contribution in [0.2, 0.25) is 0 Å². The first-order valence-electron chi connectivity index (χ1n) is 9.26. The molecule has 0 radical (unpaired) electrons. The van der Waals surface area contributed by atoms with E-state index in [1.807, 2.05) is 0 Å². The van der Waals surface area contributed by atoms with E-state index in [9.17, 15) is 19.5 Å². The minimum absolute atomic E-state index is 0.0340. The van der Waals surface area contributed by atoms with E-state index in [1.54, 1.807) is 62.4 Å². The van der Waals surface area contributed by atoms with Crippen LogP contribution in [0.5, 0.6) is 11.5 Å². The normalized spacial score (nSPS) is 10.8. The van der Waals surface area contributed by atoms with Gasteiger partial charge in [0.2, 0.25) is 0 Å². The first-order chi connectivity index (χ1) is 13.8. The number of carboxylic acids is 1. The second-order valence-electron chi connectivity index (χ2n) is 6.59. The summed E-state index contributed by atoms with van der Waals surface area (Å²) in [6, 6.07) is 12.7. The zero-order valence-electron chi connectivity index (χ0n) is 16.4. The van der Waals surface area contributed by atoms with Gasteiger partial charge in [-0.05, 0) is 49.2 Å². The van der Waals surface area contributed by atoms with Gasteiger partial charge in [0, 0.05) is 12.2 Å². The SMILES string of the molecule is CCC(CC)(CNC(=O)Nc1ccc(Oc2ccccc2C(N)=O)cc1)C(=O)O. The highest BCUT2D eigenvalue weighted by Crippen LogP contribution is 2.27. The Hall–Kier alpha value is -3.55. The predicted octanol–water partition coefficient (Wildman–Crippen LogP) is 3.59. The Kier molecular flexibility index (Phi) is 7.19. The Balaban J connectivity index is 1.98. The van der Waals surface area contributed by atoms with Crippen molar-refractivity contribution in [1.29, 1.82) is 0 Å². The lowest BCUT2D eigenvalue weighted by Gasteiger charge is -2.26. The number of hydrogen-bond donors (Lipinski definition) is 4. The molecule has 0 heterocycles. The van der Waals surface area contributed by atoms with Crippen LogP contribution < -0.4 is 21.1 Å². The summed E-state index contributed by atoms with van der Waals surface area (Å²) in [5.41, 5.74) is 5.12. The summed E-state index contributed by atoms with van der Waals surface area (Å²) in [4.78, 5) is 35.1. The van der Waals surface area contributed by atoms with Gasteiger partial charge in [0.25, 0.3) is 5.91 Å². The molecule has 0 saturated carbocycles. The van der Waals surface area contributed by atoms with Gasteiger partial charge in [0.15, 0.2) is 0 Å². The number of primary amides is 1. The molecule has 2 aromatic carbocycles. The number of anilines is 1. The molecule has 0 atom stereocenters. The van der Waals surface area contributed by atoms with Crippen LogP contribution in [0.4, 0.5) is 10.5 Å². The predicted molar refractivity (Wildman–Crippen MR) is 109 cm³/mol. The lowest BCUT2D eigenvalue weighted by molar-refractivity contribution is -0.149. The van der Waals surface area contributed by atoms with Gasteiger partial charge in [0.05, 0.1) is 11.0 Å². The zero-order valence-corrected chi connectivity index (χ0v) is 16.4. The molecule has 5 N–H and O–H groups in total. The topological polar surface area (TPSA) is 131 Å². The minimum atomic E-state index is -0.983. The number of carbonyl (C=O) groups is 3. The van der Waals surface area contributed by atoms with Gasteiger partial charge in [-0.3, -0.25) is 9.59 Å². The van der Waals surface area contributed by atoms with Crippen molar-refractivity contribution >= 4 is 23.6 Å². The molecule has 154 valence electrons. The van der Waals surface area contributed by atoms with E-state index in [0.717, 1.165) is 0 Å². The molecule has 0 spiro atoms. The van der Waals surface area contributed by atoms with Crippen molar-refractivity contribution in [2.75, 3.05) is 11.9 Å². The molecule has 0 fully saturated rings. The van der Waals surface area contributed by atoms with Gasteiger partial charge in [-0.15, -0.1) is 0 Å². The number of ether oxygens (including phenoxy) is 1. The van der Waals surface area contributed by atoms with Crippen LogP contribution in [0.15, 0.2) is 48.5 Å². The molecule has 0 aliphatic carbocycles. The van der Waals surface area contributed by atoms with Crippen molar-refractivity contribution in [2.24, 2.45) is 11.1 Å². The van der Waals surface area contributed by atoms with Crippen LogP contribution in [0.25, 0.3) is 0 Å². The van der Waals surface area contributed by atoms with E-state index in [2.05, 4.69) is 10.6 Å². The van der Waals surface area contributed by atoms with E-state index in [-0.39, 0.29) is 12.1 Å². The van der Waals surface area contributed by atoms with Gasteiger partial charge in [-0.1, -0.05) is 26.0 Å². The fourth-order valence-electron chi connectivity index (χ4n) is 2.80.